The third-order valence-corrected chi connectivity index (χ3v) is 4.62. The van der Waals surface area contributed by atoms with Gasteiger partial charge in [0.05, 0.1) is 17.3 Å². The van der Waals surface area contributed by atoms with E-state index in [2.05, 4.69) is 6.07 Å². The van der Waals surface area contributed by atoms with E-state index in [1.165, 1.54) is 0 Å². The minimum atomic E-state index is -1.04. The van der Waals surface area contributed by atoms with E-state index in [0.717, 1.165) is 0 Å². The highest BCUT2D eigenvalue weighted by Crippen LogP contribution is 2.46. The highest BCUT2D eigenvalue weighted by molar-refractivity contribution is 5.92. The number of ether oxygens (including phenoxy) is 1. The summed E-state index contributed by atoms with van der Waals surface area (Å²) in [6.45, 7) is 5.67. The Morgan fingerprint density at radius 2 is 2.16 bits per heavy atom. The van der Waals surface area contributed by atoms with Crippen LogP contribution in [-0.4, -0.2) is 39.6 Å². The lowest BCUT2D eigenvalue weighted by Crippen LogP contribution is -2.45. The molecule has 25 heavy (non-hydrogen) atoms. The Balaban J connectivity index is 2.39. The lowest BCUT2D eigenvalue weighted by atomic mass is 9.90. The fourth-order valence-electron chi connectivity index (χ4n) is 3.50. The topological polar surface area (TPSA) is 93.9 Å². The molecule has 1 saturated heterocycles. The van der Waals surface area contributed by atoms with Crippen LogP contribution in [0.15, 0.2) is 17.8 Å². The molecule has 7 heteroatoms. The molecule has 130 valence electrons. The van der Waals surface area contributed by atoms with Gasteiger partial charge in [-0.05, 0) is 44.9 Å². The Morgan fingerprint density at radius 3 is 2.72 bits per heavy atom. The maximum absolute atomic E-state index is 12.4. The summed E-state index contributed by atoms with van der Waals surface area (Å²) >= 11 is 0. The van der Waals surface area contributed by atoms with Gasteiger partial charge in [0, 0.05) is 18.5 Å². The lowest BCUT2D eigenvalue weighted by Gasteiger charge is -2.41. The van der Waals surface area contributed by atoms with Crippen molar-refractivity contribution in [3.05, 3.63) is 34.5 Å². The first kappa shape index (κ1) is 17.0. The van der Waals surface area contributed by atoms with E-state index in [4.69, 9.17) is 4.74 Å². The zero-order valence-corrected chi connectivity index (χ0v) is 14.4. The molecule has 2 aliphatic rings. The van der Waals surface area contributed by atoms with Gasteiger partial charge in [0.25, 0.3) is 0 Å². The fraction of sp³-hybridized carbons (Fsp3) is 0.389. The molecule has 0 spiro atoms. The van der Waals surface area contributed by atoms with Gasteiger partial charge < -0.3 is 9.64 Å². The summed E-state index contributed by atoms with van der Waals surface area (Å²) in [6.07, 6.45) is 1.36. The Bertz CT molecular complexity index is 835. The van der Waals surface area contributed by atoms with Gasteiger partial charge in [0.2, 0.25) is 12.3 Å². The maximum atomic E-state index is 12.4. The second-order valence-corrected chi connectivity index (χ2v) is 6.63. The molecule has 3 rings (SSSR count). The van der Waals surface area contributed by atoms with Crippen LogP contribution in [0.5, 0.6) is 5.75 Å². The van der Waals surface area contributed by atoms with E-state index in [0.29, 0.717) is 52.6 Å². The minimum absolute atomic E-state index is 0.0859. The molecule has 2 amide bonds. The van der Waals surface area contributed by atoms with Crippen LogP contribution in [-0.2, 0) is 9.59 Å². The van der Waals surface area contributed by atoms with Crippen molar-refractivity contribution in [2.24, 2.45) is 0 Å². The van der Waals surface area contributed by atoms with Crippen molar-refractivity contribution in [2.75, 3.05) is 6.54 Å². The first-order valence-corrected chi connectivity index (χ1v) is 8.03. The van der Waals surface area contributed by atoms with Gasteiger partial charge in [0.1, 0.15) is 17.0 Å². The Labute approximate surface area is 145 Å². The maximum Gasteiger partial charge on any atom is 0.237 e. The van der Waals surface area contributed by atoms with Crippen LogP contribution in [0.3, 0.4) is 0 Å². The van der Waals surface area contributed by atoms with Gasteiger partial charge in [-0.1, -0.05) is 0 Å². The van der Waals surface area contributed by atoms with E-state index in [1.807, 2.05) is 0 Å². The van der Waals surface area contributed by atoms with Crippen LogP contribution >= 0.6 is 0 Å². The molecule has 0 unspecified atom stereocenters. The number of carbonyl (C=O) groups excluding carboxylic acids is 2. The molecule has 0 aliphatic carbocycles. The molecular formula is C18H19N3O4. The molecule has 1 fully saturated rings. The lowest BCUT2D eigenvalue weighted by molar-refractivity contribution is -0.147. The average molecular weight is 341 g/mol. The van der Waals surface area contributed by atoms with E-state index < -0.39 is 5.60 Å². The smallest absolute Gasteiger partial charge is 0.237 e. The predicted molar refractivity (Wildman–Crippen MR) is 88.2 cm³/mol. The van der Waals surface area contributed by atoms with Gasteiger partial charge in [-0.2, -0.15) is 10.3 Å². The zero-order valence-electron chi connectivity index (χ0n) is 14.4. The summed E-state index contributed by atoms with van der Waals surface area (Å²) in [5.74, 6) is 0.427. The van der Waals surface area contributed by atoms with Crippen molar-refractivity contribution < 1.29 is 19.5 Å². The van der Waals surface area contributed by atoms with Crippen molar-refractivity contribution in [1.82, 2.24) is 9.96 Å². The SMILES string of the molecule is Cc1c(C#N)ccc2c1C(N1CCCC1=O)=C(N(O)C=O)C(C)(C)O2. The number of nitrogens with zero attached hydrogens (tertiary/aromatic N) is 3. The summed E-state index contributed by atoms with van der Waals surface area (Å²) in [5, 5.41) is 20.0. The predicted octanol–water partition coefficient (Wildman–Crippen LogP) is 2.18. The molecule has 0 atom stereocenters. The summed E-state index contributed by atoms with van der Waals surface area (Å²) in [6, 6.07) is 5.46. The van der Waals surface area contributed by atoms with Crippen molar-refractivity contribution in [3.8, 4) is 11.8 Å². The van der Waals surface area contributed by atoms with E-state index >= 15 is 0 Å². The normalized spacial score (nSPS) is 18.5. The standard InChI is InChI=1S/C18H19N3O4/c1-11-12(9-19)6-7-13-15(11)16(20-8-4-5-14(20)23)17(21(24)10-22)18(2,3)25-13/h6-7,10,24H,4-5,8H2,1-3H3. The van der Waals surface area contributed by atoms with Crippen LogP contribution < -0.4 is 4.74 Å². The van der Waals surface area contributed by atoms with Crippen molar-refractivity contribution in [1.29, 1.82) is 5.26 Å². The molecule has 1 aromatic rings. The monoisotopic (exact) mass is 341 g/mol. The number of amides is 2. The second kappa shape index (κ2) is 5.90. The quantitative estimate of drug-likeness (QED) is 0.517. The van der Waals surface area contributed by atoms with Crippen LogP contribution in [0.2, 0.25) is 0 Å². The first-order chi connectivity index (χ1) is 11.8. The van der Waals surface area contributed by atoms with Crippen LogP contribution in [0.1, 0.15) is 43.4 Å². The number of hydroxylamine groups is 2. The number of hydrogen-bond donors (Lipinski definition) is 1. The number of fused-ring (bicyclic) bond motifs is 1. The largest absolute Gasteiger partial charge is 0.481 e. The molecule has 1 N–H and O–H groups in total. The van der Waals surface area contributed by atoms with Gasteiger partial charge in [0.15, 0.2) is 0 Å². The molecule has 0 aromatic heterocycles. The Kier molecular flexibility index (Phi) is 4.01. The number of rotatable bonds is 3. The molecule has 2 aliphatic heterocycles. The van der Waals surface area contributed by atoms with Crippen LogP contribution in [0.4, 0.5) is 0 Å². The van der Waals surface area contributed by atoms with Gasteiger partial charge in [-0.3, -0.25) is 14.8 Å². The number of benzene rings is 1. The Morgan fingerprint density at radius 1 is 1.44 bits per heavy atom. The highest BCUT2D eigenvalue weighted by atomic mass is 16.5. The van der Waals surface area contributed by atoms with Gasteiger partial charge in [-0.25, -0.2) is 0 Å². The summed E-state index contributed by atoms with van der Waals surface area (Å²) in [7, 11) is 0. The molecule has 1 aromatic carbocycles. The van der Waals surface area contributed by atoms with E-state index in [-0.39, 0.29) is 18.0 Å². The van der Waals surface area contributed by atoms with Gasteiger partial charge in [-0.15, -0.1) is 0 Å². The zero-order chi connectivity index (χ0) is 18.4. The summed E-state index contributed by atoms with van der Waals surface area (Å²) in [4.78, 5) is 25.3. The number of carbonyl (C=O) groups is 2. The molecule has 7 nitrogen and oxygen atoms in total. The number of nitriles is 1. The third-order valence-electron chi connectivity index (χ3n) is 4.62. The van der Waals surface area contributed by atoms with E-state index in [1.54, 1.807) is 37.8 Å². The number of hydrogen-bond acceptors (Lipinski definition) is 5. The van der Waals surface area contributed by atoms with Crippen molar-refractivity contribution in [3.63, 3.8) is 0 Å². The van der Waals surface area contributed by atoms with Crippen LogP contribution in [0.25, 0.3) is 5.70 Å². The highest BCUT2D eigenvalue weighted by Gasteiger charge is 2.43. The van der Waals surface area contributed by atoms with Crippen molar-refractivity contribution >= 4 is 18.0 Å². The first-order valence-electron chi connectivity index (χ1n) is 8.03. The molecule has 0 radical (unpaired) electrons. The van der Waals surface area contributed by atoms with Crippen LogP contribution in [0, 0.1) is 18.3 Å². The van der Waals surface area contributed by atoms with E-state index in [9.17, 15) is 20.1 Å². The molecule has 0 saturated carbocycles. The fourth-order valence-corrected chi connectivity index (χ4v) is 3.50. The second-order valence-electron chi connectivity index (χ2n) is 6.63. The summed E-state index contributed by atoms with van der Waals surface area (Å²) in [5.41, 5.74) is 1.22. The third kappa shape index (κ3) is 2.55. The summed E-state index contributed by atoms with van der Waals surface area (Å²) < 4.78 is 5.99. The number of likely N-dealkylation sites (tertiary alicyclic amines) is 1. The average Bonchev–Trinajstić information content (AvgIpc) is 2.98. The Hall–Kier alpha value is -2.85. The molecular weight excluding hydrogens is 322 g/mol. The van der Waals surface area contributed by atoms with Crippen molar-refractivity contribution in [2.45, 2.75) is 39.2 Å². The molecule has 2 heterocycles. The minimum Gasteiger partial charge on any atom is -0.481 e. The van der Waals surface area contributed by atoms with Gasteiger partial charge >= 0.3 is 0 Å². The molecule has 0 bridgehead atoms.